The van der Waals surface area contributed by atoms with E-state index in [-0.39, 0.29) is 17.9 Å². The van der Waals surface area contributed by atoms with E-state index < -0.39 is 0 Å². The highest BCUT2D eigenvalue weighted by Crippen LogP contribution is 2.05. The summed E-state index contributed by atoms with van der Waals surface area (Å²) in [5.41, 5.74) is 5.09. The number of amides is 1. The first kappa shape index (κ1) is 9.48. The van der Waals surface area contributed by atoms with Crippen molar-refractivity contribution in [3.05, 3.63) is 0 Å². The molecule has 0 aromatic rings. The molecule has 1 aliphatic rings. The lowest BCUT2D eigenvalue weighted by atomic mass is 10.2. The zero-order chi connectivity index (χ0) is 8.97. The number of carbonyl (C=O) groups is 1. The first-order chi connectivity index (χ1) is 5.70. The summed E-state index contributed by atoms with van der Waals surface area (Å²) in [6.07, 6.45) is 1.30. The fraction of sp³-hybridized carbons (Fsp3) is 0.875. The zero-order valence-electron chi connectivity index (χ0n) is 7.38. The van der Waals surface area contributed by atoms with E-state index in [2.05, 4.69) is 5.32 Å². The molecule has 2 atom stereocenters. The number of primary amides is 1. The molecule has 0 aromatic carbocycles. The molecule has 1 aliphatic heterocycles. The van der Waals surface area contributed by atoms with E-state index in [0.717, 1.165) is 19.5 Å². The molecule has 1 fully saturated rings. The minimum Gasteiger partial charge on any atom is -0.376 e. The van der Waals surface area contributed by atoms with Crippen molar-refractivity contribution in [1.82, 2.24) is 5.32 Å². The zero-order valence-corrected chi connectivity index (χ0v) is 7.38. The molecule has 0 radical (unpaired) electrons. The summed E-state index contributed by atoms with van der Waals surface area (Å²) < 4.78 is 5.46. The summed E-state index contributed by atoms with van der Waals surface area (Å²) in [6.45, 7) is 4.13. The van der Waals surface area contributed by atoms with Gasteiger partial charge in [0.15, 0.2) is 0 Å². The van der Waals surface area contributed by atoms with E-state index in [4.69, 9.17) is 10.5 Å². The van der Waals surface area contributed by atoms with Crippen LogP contribution in [-0.4, -0.2) is 31.7 Å². The third-order valence-electron chi connectivity index (χ3n) is 2.08. The van der Waals surface area contributed by atoms with Gasteiger partial charge in [-0.15, -0.1) is 0 Å². The van der Waals surface area contributed by atoms with Crippen LogP contribution in [0.1, 0.15) is 13.3 Å². The van der Waals surface area contributed by atoms with Crippen molar-refractivity contribution in [3.63, 3.8) is 0 Å². The minimum atomic E-state index is -0.291. The predicted molar refractivity (Wildman–Crippen MR) is 45.6 cm³/mol. The molecule has 4 nitrogen and oxygen atoms in total. The highest BCUT2D eigenvalue weighted by molar-refractivity contribution is 5.76. The number of nitrogens with two attached hydrogens (primary N) is 1. The van der Waals surface area contributed by atoms with Crippen LogP contribution < -0.4 is 11.1 Å². The quantitative estimate of drug-likeness (QED) is 0.600. The Morgan fingerprint density at radius 1 is 1.83 bits per heavy atom. The molecule has 1 rings (SSSR count). The van der Waals surface area contributed by atoms with Gasteiger partial charge in [0.1, 0.15) is 0 Å². The largest absolute Gasteiger partial charge is 0.376 e. The standard InChI is InChI=1S/C8H16N2O2/c1-6(8(9)11)5-12-7-2-3-10-4-7/h6-7,10H,2-5H2,1H3,(H2,9,11). The number of carbonyl (C=O) groups excluding carboxylic acids is 1. The molecule has 4 heteroatoms. The number of nitrogens with one attached hydrogen (secondary N) is 1. The topological polar surface area (TPSA) is 64.3 Å². The normalized spacial score (nSPS) is 25.6. The molecule has 0 aliphatic carbocycles. The fourth-order valence-electron chi connectivity index (χ4n) is 1.13. The smallest absolute Gasteiger partial charge is 0.222 e. The summed E-state index contributed by atoms with van der Waals surface area (Å²) in [6, 6.07) is 0. The lowest BCUT2D eigenvalue weighted by Crippen LogP contribution is -2.27. The van der Waals surface area contributed by atoms with Crippen molar-refractivity contribution in [2.24, 2.45) is 11.7 Å². The van der Waals surface area contributed by atoms with Gasteiger partial charge in [0.2, 0.25) is 5.91 Å². The maximum absolute atomic E-state index is 10.6. The van der Waals surface area contributed by atoms with Gasteiger partial charge in [-0.3, -0.25) is 4.79 Å². The van der Waals surface area contributed by atoms with Crippen molar-refractivity contribution in [1.29, 1.82) is 0 Å². The Kier molecular flexibility index (Phi) is 3.49. The molecule has 0 saturated carbocycles. The number of ether oxygens (including phenoxy) is 1. The molecule has 70 valence electrons. The van der Waals surface area contributed by atoms with Crippen LogP contribution >= 0.6 is 0 Å². The molecule has 12 heavy (non-hydrogen) atoms. The van der Waals surface area contributed by atoms with Crippen LogP contribution in [0.25, 0.3) is 0 Å². The van der Waals surface area contributed by atoms with Gasteiger partial charge >= 0.3 is 0 Å². The minimum absolute atomic E-state index is 0.175. The van der Waals surface area contributed by atoms with Crippen LogP contribution in [0, 0.1) is 5.92 Å². The average molecular weight is 172 g/mol. The molecular formula is C8H16N2O2. The van der Waals surface area contributed by atoms with Crippen molar-refractivity contribution in [2.75, 3.05) is 19.7 Å². The van der Waals surface area contributed by atoms with Crippen molar-refractivity contribution in [2.45, 2.75) is 19.4 Å². The first-order valence-electron chi connectivity index (χ1n) is 4.32. The Balaban J connectivity index is 2.11. The number of hydrogen-bond donors (Lipinski definition) is 2. The SMILES string of the molecule is CC(COC1CCNC1)C(N)=O. The third-order valence-corrected chi connectivity index (χ3v) is 2.08. The lowest BCUT2D eigenvalue weighted by molar-refractivity contribution is -0.123. The van der Waals surface area contributed by atoms with Crippen LogP contribution in [0.4, 0.5) is 0 Å². The number of rotatable bonds is 4. The van der Waals surface area contributed by atoms with E-state index in [9.17, 15) is 4.79 Å². The van der Waals surface area contributed by atoms with E-state index in [1.807, 2.05) is 0 Å². The Morgan fingerprint density at radius 2 is 2.58 bits per heavy atom. The van der Waals surface area contributed by atoms with Crippen molar-refractivity contribution in [3.8, 4) is 0 Å². The second-order valence-corrected chi connectivity index (χ2v) is 3.25. The number of hydrogen-bond acceptors (Lipinski definition) is 3. The molecule has 0 aromatic heterocycles. The molecule has 1 amide bonds. The molecule has 1 saturated heterocycles. The van der Waals surface area contributed by atoms with Crippen LogP contribution in [-0.2, 0) is 9.53 Å². The highest BCUT2D eigenvalue weighted by atomic mass is 16.5. The van der Waals surface area contributed by atoms with Gasteiger partial charge in [-0.1, -0.05) is 6.92 Å². The summed E-state index contributed by atoms with van der Waals surface area (Å²) >= 11 is 0. The van der Waals surface area contributed by atoms with Crippen LogP contribution in [0.2, 0.25) is 0 Å². The second-order valence-electron chi connectivity index (χ2n) is 3.25. The van der Waals surface area contributed by atoms with Gasteiger partial charge in [0.05, 0.1) is 18.6 Å². The Morgan fingerprint density at radius 3 is 3.08 bits per heavy atom. The molecule has 3 N–H and O–H groups in total. The van der Waals surface area contributed by atoms with Gasteiger partial charge in [-0.2, -0.15) is 0 Å². The Labute approximate surface area is 72.5 Å². The summed E-state index contributed by atoms with van der Waals surface area (Å²) in [5.74, 6) is -0.466. The monoisotopic (exact) mass is 172 g/mol. The van der Waals surface area contributed by atoms with Gasteiger partial charge in [0.25, 0.3) is 0 Å². The van der Waals surface area contributed by atoms with Crippen LogP contribution in [0.5, 0.6) is 0 Å². The maximum atomic E-state index is 10.6. The van der Waals surface area contributed by atoms with E-state index in [0.29, 0.717) is 6.61 Å². The van der Waals surface area contributed by atoms with E-state index in [1.54, 1.807) is 6.92 Å². The van der Waals surface area contributed by atoms with Crippen molar-refractivity contribution >= 4 is 5.91 Å². The Hall–Kier alpha value is -0.610. The fourth-order valence-corrected chi connectivity index (χ4v) is 1.13. The molecule has 0 bridgehead atoms. The van der Waals surface area contributed by atoms with Gasteiger partial charge in [0, 0.05) is 6.54 Å². The predicted octanol–water partition coefficient (Wildman–Crippen LogP) is -0.514. The summed E-state index contributed by atoms with van der Waals surface area (Å²) in [7, 11) is 0. The first-order valence-corrected chi connectivity index (χ1v) is 4.32. The highest BCUT2D eigenvalue weighted by Gasteiger charge is 2.17. The van der Waals surface area contributed by atoms with E-state index in [1.165, 1.54) is 0 Å². The molecule has 2 unspecified atom stereocenters. The molecule has 1 heterocycles. The van der Waals surface area contributed by atoms with Crippen LogP contribution in [0.3, 0.4) is 0 Å². The molecule has 0 spiro atoms. The van der Waals surface area contributed by atoms with Gasteiger partial charge in [-0.05, 0) is 13.0 Å². The van der Waals surface area contributed by atoms with Gasteiger partial charge in [-0.25, -0.2) is 0 Å². The maximum Gasteiger partial charge on any atom is 0.222 e. The third kappa shape index (κ3) is 2.79. The summed E-state index contributed by atoms with van der Waals surface area (Å²) in [4.78, 5) is 10.6. The average Bonchev–Trinajstić information content (AvgIpc) is 2.51. The summed E-state index contributed by atoms with van der Waals surface area (Å²) in [5, 5.41) is 3.18. The Bertz CT molecular complexity index is 155. The van der Waals surface area contributed by atoms with E-state index >= 15 is 0 Å². The van der Waals surface area contributed by atoms with Crippen LogP contribution in [0.15, 0.2) is 0 Å². The molecular weight excluding hydrogens is 156 g/mol. The van der Waals surface area contributed by atoms with Gasteiger partial charge < -0.3 is 15.8 Å². The van der Waals surface area contributed by atoms with Crippen molar-refractivity contribution < 1.29 is 9.53 Å². The lowest BCUT2D eigenvalue weighted by Gasteiger charge is -2.12. The second kappa shape index (κ2) is 4.42.